The predicted molar refractivity (Wildman–Crippen MR) is 38.1 cm³/mol. The summed E-state index contributed by atoms with van der Waals surface area (Å²) in [6.45, 7) is 3.09. The van der Waals surface area contributed by atoms with Crippen molar-refractivity contribution in [3.05, 3.63) is 0 Å². The van der Waals surface area contributed by atoms with E-state index in [1.54, 1.807) is 13.8 Å². The molecule has 66 valence electrons. The van der Waals surface area contributed by atoms with E-state index >= 15 is 0 Å². The predicted octanol–water partition coefficient (Wildman–Crippen LogP) is -1.12. The SMILES string of the molecule is CC1(C)OC(CO)C(O)C1O. The van der Waals surface area contributed by atoms with Gasteiger partial charge in [0.1, 0.15) is 18.3 Å². The summed E-state index contributed by atoms with van der Waals surface area (Å²) in [4.78, 5) is 0. The molecule has 1 aliphatic heterocycles. The van der Waals surface area contributed by atoms with E-state index in [1.807, 2.05) is 0 Å². The lowest BCUT2D eigenvalue weighted by molar-refractivity contribution is -0.0689. The van der Waals surface area contributed by atoms with Crippen molar-refractivity contribution in [2.24, 2.45) is 0 Å². The van der Waals surface area contributed by atoms with Crippen molar-refractivity contribution in [3.63, 3.8) is 0 Å². The molecule has 1 rings (SSSR count). The molecule has 1 aliphatic rings. The van der Waals surface area contributed by atoms with Gasteiger partial charge in [0.15, 0.2) is 0 Å². The number of hydrogen-bond acceptors (Lipinski definition) is 4. The second-order valence-corrected chi connectivity index (χ2v) is 3.38. The zero-order valence-corrected chi connectivity index (χ0v) is 6.69. The van der Waals surface area contributed by atoms with E-state index in [9.17, 15) is 10.2 Å². The average Bonchev–Trinajstić information content (AvgIpc) is 2.13. The number of hydrogen-bond donors (Lipinski definition) is 3. The highest BCUT2D eigenvalue weighted by Crippen LogP contribution is 2.29. The van der Waals surface area contributed by atoms with Crippen LogP contribution in [0.15, 0.2) is 0 Å². The van der Waals surface area contributed by atoms with Gasteiger partial charge in [0.2, 0.25) is 0 Å². The minimum atomic E-state index is -0.977. The molecule has 1 saturated heterocycles. The average molecular weight is 162 g/mol. The van der Waals surface area contributed by atoms with Gasteiger partial charge in [0, 0.05) is 0 Å². The summed E-state index contributed by atoms with van der Waals surface area (Å²) in [5.41, 5.74) is -0.757. The minimum absolute atomic E-state index is 0.262. The van der Waals surface area contributed by atoms with E-state index in [0.29, 0.717) is 0 Å². The molecule has 3 unspecified atom stereocenters. The Balaban J connectivity index is 2.69. The molecular formula is C7H14O4. The quantitative estimate of drug-likeness (QED) is 0.456. The molecule has 0 aromatic rings. The van der Waals surface area contributed by atoms with Gasteiger partial charge < -0.3 is 20.1 Å². The minimum Gasteiger partial charge on any atom is -0.394 e. The summed E-state index contributed by atoms with van der Waals surface area (Å²) in [6, 6.07) is 0. The molecule has 0 aromatic carbocycles. The van der Waals surface area contributed by atoms with Crippen LogP contribution in [-0.2, 0) is 4.74 Å². The van der Waals surface area contributed by atoms with E-state index in [1.165, 1.54) is 0 Å². The topological polar surface area (TPSA) is 69.9 Å². The van der Waals surface area contributed by atoms with Gasteiger partial charge in [0.25, 0.3) is 0 Å². The normalized spacial score (nSPS) is 42.8. The molecule has 1 heterocycles. The number of ether oxygens (including phenoxy) is 1. The smallest absolute Gasteiger partial charge is 0.111 e. The molecule has 4 nitrogen and oxygen atoms in total. The van der Waals surface area contributed by atoms with Crippen LogP contribution < -0.4 is 0 Å². The van der Waals surface area contributed by atoms with Crippen molar-refractivity contribution in [1.82, 2.24) is 0 Å². The molecule has 0 aliphatic carbocycles. The number of aliphatic hydroxyl groups excluding tert-OH is 3. The highest BCUT2D eigenvalue weighted by atomic mass is 16.6. The molecule has 0 bridgehead atoms. The lowest BCUT2D eigenvalue weighted by atomic mass is 9.99. The summed E-state index contributed by atoms with van der Waals surface area (Å²) in [5.74, 6) is 0. The van der Waals surface area contributed by atoms with Crippen LogP contribution in [0.4, 0.5) is 0 Å². The first-order valence-corrected chi connectivity index (χ1v) is 3.64. The maximum absolute atomic E-state index is 9.34. The molecule has 0 spiro atoms. The monoisotopic (exact) mass is 162 g/mol. The van der Waals surface area contributed by atoms with Gasteiger partial charge in [-0.05, 0) is 13.8 Å². The van der Waals surface area contributed by atoms with Crippen LogP contribution in [0.2, 0.25) is 0 Å². The van der Waals surface area contributed by atoms with Crippen molar-refractivity contribution in [2.75, 3.05) is 6.61 Å². The Morgan fingerprint density at radius 1 is 1.36 bits per heavy atom. The largest absolute Gasteiger partial charge is 0.394 e. The highest BCUT2D eigenvalue weighted by molar-refractivity contribution is 4.96. The van der Waals surface area contributed by atoms with Crippen LogP contribution in [0.25, 0.3) is 0 Å². The second kappa shape index (κ2) is 2.71. The molecule has 0 amide bonds. The second-order valence-electron chi connectivity index (χ2n) is 3.38. The fraction of sp³-hybridized carbons (Fsp3) is 1.00. The van der Waals surface area contributed by atoms with Crippen LogP contribution in [-0.4, -0.2) is 45.8 Å². The van der Waals surface area contributed by atoms with E-state index in [4.69, 9.17) is 9.84 Å². The lowest BCUT2D eigenvalue weighted by Crippen LogP contribution is -2.38. The Bertz CT molecular complexity index is 145. The maximum atomic E-state index is 9.34. The van der Waals surface area contributed by atoms with Crippen LogP contribution in [0.3, 0.4) is 0 Å². The maximum Gasteiger partial charge on any atom is 0.111 e. The third-order valence-corrected chi connectivity index (χ3v) is 2.05. The molecule has 0 aromatic heterocycles. The Morgan fingerprint density at radius 3 is 2.09 bits per heavy atom. The zero-order chi connectivity index (χ0) is 8.65. The number of aliphatic hydroxyl groups is 3. The van der Waals surface area contributed by atoms with Gasteiger partial charge >= 0.3 is 0 Å². The van der Waals surface area contributed by atoms with Crippen LogP contribution >= 0.6 is 0 Å². The molecule has 3 atom stereocenters. The lowest BCUT2D eigenvalue weighted by Gasteiger charge is -2.21. The fourth-order valence-corrected chi connectivity index (χ4v) is 1.29. The summed E-state index contributed by atoms with van der Waals surface area (Å²) < 4.78 is 5.17. The van der Waals surface area contributed by atoms with Gasteiger partial charge in [-0.1, -0.05) is 0 Å². The van der Waals surface area contributed by atoms with Crippen molar-refractivity contribution in [1.29, 1.82) is 0 Å². The van der Waals surface area contributed by atoms with Gasteiger partial charge in [-0.25, -0.2) is 0 Å². The Hall–Kier alpha value is -0.160. The van der Waals surface area contributed by atoms with Crippen LogP contribution in [0.5, 0.6) is 0 Å². The van der Waals surface area contributed by atoms with E-state index < -0.39 is 23.9 Å². The Labute approximate surface area is 65.4 Å². The zero-order valence-electron chi connectivity index (χ0n) is 6.69. The number of rotatable bonds is 1. The van der Waals surface area contributed by atoms with Gasteiger partial charge in [-0.3, -0.25) is 0 Å². The first-order valence-electron chi connectivity index (χ1n) is 3.64. The first kappa shape index (κ1) is 8.93. The van der Waals surface area contributed by atoms with Crippen molar-refractivity contribution in [3.8, 4) is 0 Å². The summed E-state index contributed by atoms with van der Waals surface area (Å²) in [6.07, 6.45) is -2.55. The fourth-order valence-electron chi connectivity index (χ4n) is 1.29. The van der Waals surface area contributed by atoms with Crippen LogP contribution in [0, 0.1) is 0 Å². The van der Waals surface area contributed by atoms with E-state index in [-0.39, 0.29) is 6.61 Å². The Kier molecular flexibility index (Phi) is 2.20. The molecule has 1 fully saturated rings. The molecule has 4 heteroatoms. The van der Waals surface area contributed by atoms with Crippen molar-refractivity contribution in [2.45, 2.75) is 37.8 Å². The third kappa shape index (κ3) is 1.39. The van der Waals surface area contributed by atoms with Gasteiger partial charge in [-0.15, -0.1) is 0 Å². The molecule has 3 N–H and O–H groups in total. The molecule has 0 radical (unpaired) electrons. The molecular weight excluding hydrogens is 148 g/mol. The van der Waals surface area contributed by atoms with E-state index in [2.05, 4.69) is 0 Å². The van der Waals surface area contributed by atoms with E-state index in [0.717, 1.165) is 0 Å². The standard InChI is InChI=1S/C7H14O4/c1-7(2)6(10)5(9)4(3-8)11-7/h4-6,8-10H,3H2,1-2H3. The first-order chi connectivity index (χ1) is 4.99. The highest BCUT2D eigenvalue weighted by Gasteiger charge is 2.47. The Morgan fingerprint density at radius 2 is 1.91 bits per heavy atom. The summed E-state index contributed by atoms with van der Waals surface area (Å²) in [5, 5.41) is 27.3. The summed E-state index contributed by atoms with van der Waals surface area (Å²) >= 11 is 0. The third-order valence-electron chi connectivity index (χ3n) is 2.05. The molecule has 11 heavy (non-hydrogen) atoms. The van der Waals surface area contributed by atoms with Crippen molar-refractivity contribution < 1.29 is 20.1 Å². The summed E-state index contributed by atoms with van der Waals surface area (Å²) in [7, 11) is 0. The van der Waals surface area contributed by atoms with Crippen molar-refractivity contribution >= 4 is 0 Å². The van der Waals surface area contributed by atoms with Crippen LogP contribution in [0.1, 0.15) is 13.8 Å². The van der Waals surface area contributed by atoms with Gasteiger partial charge in [0.05, 0.1) is 12.2 Å². The van der Waals surface area contributed by atoms with Gasteiger partial charge in [-0.2, -0.15) is 0 Å². The molecule has 0 saturated carbocycles.